The molecule has 0 unspecified atom stereocenters. The largest absolute Gasteiger partial charge is 0.508 e. The van der Waals surface area contributed by atoms with E-state index >= 15 is 0 Å². The number of amides is 1. The monoisotopic (exact) mass is 266 g/mol. The number of nitrogens with one attached hydrogen (secondary N) is 1. The number of phenols is 1. The lowest BCUT2D eigenvalue weighted by Gasteiger charge is -2.06. The zero-order valence-corrected chi connectivity index (χ0v) is 11.0. The lowest BCUT2D eigenvalue weighted by atomic mass is 10.2. The summed E-state index contributed by atoms with van der Waals surface area (Å²) in [5.74, 6) is -0.155. The van der Waals surface area contributed by atoms with Crippen molar-refractivity contribution in [3.63, 3.8) is 0 Å². The molecular weight excluding hydrogens is 252 g/mol. The molecule has 0 spiro atoms. The van der Waals surface area contributed by atoms with E-state index in [1.807, 2.05) is 41.9 Å². The normalized spacial score (nSPS) is 10.7. The number of carbonyl (C=O) groups is 1. The Labute approximate surface area is 116 Å². The molecule has 3 aromatic rings. The van der Waals surface area contributed by atoms with Gasteiger partial charge in [-0.15, -0.1) is 0 Å². The Bertz CT molecular complexity index is 790. The van der Waals surface area contributed by atoms with Gasteiger partial charge in [-0.1, -0.05) is 12.1 Å². The Balaban J connectivity index is 1.97. The molecule has 0 saturated carbocycles. The number of phenolic OH excluding ortho intramolecular Hbond substituents is 1. The van der Waals surface area contributed by atoms with Crippen molar-refractivity contribution in [1.82, 2.24) is 4.40 Å². The SMILES string of the molecule is Cc1cn2ccccc2c1NC(=O)c1cccc(O)c1. The highest BCUT2D eigenvalue weighted by Gasteiger charge is 2.12. The minimum absolute atomic E-state index is 0.0797. The quantitative estimate of drug-likeness (QED) is 0.748. The standard InChI is InChI=1S/C16H14N2O2/c1-11-10-18-8-3-2-7-14(18)15(11)17-16(20)12-5-4-6-13(19)9-12/h2-10,19H,1H3,(H,17,20). The number of anilines is 1. The van der Waals surface area contributed by atoms with Crippen molar-refractivity contribution < 1.29 is 9.90 Å². The minimum Gasteiger partial charge on any atom is -0.508 e. The van der Waals surface area contributed by atoms with Gasteiger partial charge in [-0.2, -0.15) is 0 Å². The second kappa shape index (κ2) is 4.74. The molecule has 1 aromatic carbocycles. The van der Waals surface area contributed by atoms with Crippen LogP contribution in [-0.2, 0) is 0 Å². The number of rotatable bonds is 2. The summed E-state index contributed by atoms with van der Waals surface area (Å²) in [7, 11) is 0. The molecular formula is C16H14N2O2. The maximum absolute atomic E-state index is 12.2. The van der Waals surface area contributed by atoms with E-state index in [1.54, 1.807) is 12.1 Å². The highest BCUT2D eigenvalue weighted by molar-refractivity contribution is 6.07. The number of aromatic hydroxyl groups is 1. The molecule has 0 aliphatic heterocycles. The van der Waals surface area contributed by atoms with Crippen molar-refractivity contribution >= 4 is 17.1 Å². The predicted molar refractivity (Wildman–Crippen MR) is 78.2 cm³/mol. The number of carbonyl (C=O) groups excluding carboxylic acids is 1. The van der Waals surface area contributed by atoms with Gasteiger partial charge in [0.1, 0.15) is 5.75 Å². The van der Waals surface area contributed by atoms with Crippen LogP contribution in [0.5, 0.6) is 5.75 Å². The third-order valence-corrected chi connectivity index (χ3v) is 3.22. The molecule has 0 aliphatic carbocycles. The minimum atomic E-state index is -0.235. The first kappa shape index (κ1) is 12.3. The van der Waals surface area contributed by atoms with Gasteiger partial charge in [0.05, 0.1) is 11.2 Å². The van der Waals surface area contributed by atoms with Crippen LogP contribution < -0.4 is 5.32 Å². The summed E-state index contributed by atoms with van der Waals surface area (Å²) >= 11 is 0. The molecule has 3 rings (SSSR count). The van der Waals surface area contributed by atoms with Gasteiger partial charge in [-0.25, -0.2) is 0 Å². The maximum Gasteiger partial charge on any atom is 0.255 e. The molecule has 2 N–H and O–H groups in total. The molecule has 0 saturated heterocycles. The zero-order chi connectivity index (χ0) is 14.1. The number of hydrogen-bond acceptors (Lipinski definition) is 2. The zero-order valence-electron chi connectivity index (χ0n) is 11.0. The summed E-state index contributed by atoms with van der Waals surface area (Å²) in [6, 6.07) is 12.1. The van der Waals surface area contributed by atoms with Crippen LogP contribution in [0.15, 0.2) is 54.9 Å². The highest BCUT2D eigenvalue weighted by Crippen LogP contribution is 2.24. The van der Waals surface area contributed by atoms with Gasteiger partial charge in [0.15, 0.2) is 0 Å². The van der Waals surface area contributed by atoms with Gasteiger partial charge < -0.3 is 14.8 Å². The van der Waals surface area contributed by atoms with Crippen LogP contribution in [0, 0.1) is 6.92 Å². The summed E-state index contributed by atoms with van der Waals surface area (Å²) in [6.07, 6.45) is 3.90. The van der Waals surface area contributed by atoms with Gasteiger partial charge in [-0.05, 0) is 42.8 Å². The number of fused-ring (bicyclic) bond motifs is 1. The van der Waals surface area contributed by atoms with Crippen molar-refractivity contribution in [2.45, 2.75) is 6.92 Å². The number of benzene rings is 1. The fourth-order valence-corrected chi connectivity index (χ4v) is 2.25. The summed E-state index contributed by atoms with van der Waals surface area (Å²) in [5, 5.41) is 12.3. The second-order valence-electron chi connectivity index (χ2n) is 4.68. The summed E-state index contributed by atoms with van der Waals surface area (Å²) in [5.41, 5.74) is 3.15. The van der Waals surface area contributed by atoms with Crippen molar-refractivity contribution in [1.29, 1.82) is 0 Å². The van der Waals surface area contributed by atoms with Crippen LogP contribution in [0.3, 0.4) is 0 Å². The number of aromatic nitrogens is 1. The van der Waals surface area contributed by atoms with E-state index in [4.69, 9.17) is 0 Å². The first-order valence-electron chi connectivity index (χ1n) is 6.32. The van der Waals surface area contributed by atoms with E-state index in [2.05, 4.69) is 5.32 Å². The Kier molecular flexibility index (Phi) is 2.91. The third kappa shape index (κ3) is 2.12. The van der Waals surface area contributed by atoms with E-state index in [0.717, 1.165) is 16.8 Å². The number of nitrogens with zero attached hydrogens (tertiary/aromatic N) is 1. The van der Waals surface area contributed by atoms with Crippen LogP contribution in [0.2, 0.25) is 0 Å². The van der Waals surface area contributed by atoms with Crippen molar-refractivity contribution in [3.05, 3.63) is 66.0 Å². The van der Waals surface area contributed by atoms with Crippen molar-refractivity contribution in [2.24, 2.45) is 0 Å². The fraction of sp³-hybridized carbons (Fsp3) is 0.0625. The van der Waals surface area contributed by atoms with Gasteiger partial charge >= 0.3 is 0 Å². The van der Waals surface area contributed by atoms with Gasteiger partial charge in [-0.3, -0.25) is 4.79 Å². The molecule has 0 radical (unpaired) electrons. The van der Waals surface area contributed by atoms with Crippen molar-refractivity contribution in [3.8, 4) is 5.75 Å². The molecule has 0 atom stereocenters. The molecule has 2 aromatic heterocycles. The Hall–Kier alpha value is -2.75. The fourth-order valence-electron chi connectivity index (χ4n) is 2.25. The van der Waals surface area contributed by atoms with E-state index in [-0.39, 0.29) is 11.7 Å². The summed E-state index contributed by atoms with van der Waals surface area (Å²) in [4.78, 5) is 12.2. The van der Waals surface area contributed by atoms with E-state index in [1.165, 1.54) is 12.1 Å². The number of aryl methyl sites for hydroxylation is 1. The maximum atomic E-state index is 12.2. The van der Waals surface area contributed by atoms with Gasteiger partial charge in [0.2, 0.25) is 0 Å². The lowest BCUT2D eigenvalue weighted by molar-refractivity contribution is 0.102. The summed E-state index contributed by atoms with van der Waals surface area (Å²) in [6.45, 7) is 1.95. The topological polar surface area (TPSA) is 53.7 Å². The highest BCUT2D eigenvalue weighted by atomic mass is 16.3. The molecule has 2 heterocycles. The van der Waals surface area contributed by atoms with Crippen LogP contribution in [-0.4, -0.2) is 15.4 Å². The molecule has 20 heavy (non-hydrogen) atoms. The van der Waals surface area contributed by atoms with Crippen LogP contribution in [0.1, 0.15) is 15.9 Å². The van der Waals surface area contributed by atoms with Crippen LogP contribution in [0.4, 0.5) is 5.69 Å². The molecule has 0 fully saturated rings. The van der Waals surface area contributed by atoms with E-state index in [9.17, 15) is 9.90 Å². The third-order valence-electron chi connectivity index (χ3n) is 3.22. The average molecular weight is 266 g/mol. The average Bonchev–Trinajstić information content (AvgIpc) is 2.75. The van der Waals surface area contributed by atoms with E-state index < -0.39 is 0 Å². The Morgan fingerprint density at radius 3 is 2.85 bits per heavy atom. The Morgan fingerprint density at radius 2 is 2.05 bits per heavy atom. The smallest absolute Gasteiger partial charge is 0.255 e. The van der Waals surface area contributed by atoms with Crippen molar-refractivity contribution in [2.75, 3.05) is 5.32 Å². The second-order valence-corrected chi connectivity index (χ2v) is 4.68. The lowest BCUT2D eigenvalue weighted by Crippen LogP contribution is -2.12. The first-order chi connectivity index (χ1) is 9.65. The molecule has 1 amide bonds. The molecule has 100 valence electrons. The predicted octanol–water partition coefficient (Wildman–Crippen LogP) is 3.21. The molecule has 4 heteroatoms. The number of pyridine rings is 1. The molecule has 0 aliphatic rings. The van der Waals surface area contributed by atoms with Crippen LogP contribution in [0.25, 0.3) is 5.52 Å². The molecule has 4 nitrogen and oxygen atoms in total. The van der Waals surface area contributed by atoms with Gasteiger partial charge in [0, 0.05) is 18.0 Å². The molecule has 0 bridgehead atoms. The van der Waals surface area contributed by atoms with Crippen LogP contribution >= 0.6 is 0 Å². The number of hydrogen-bond donors (Lipinski definition) is 2. The Morgan fingerprint density at radius 1 is 1.20 bits per heavy atom. The van der Waals surface area contributed by atoms with E-state index in [0.29, 0.717) is 5.56 Å². The first-order valence-corrected chi connectivity index (χ1v) is 6.32. The van der Waals surface area contributed by atoms with Gasteiger partial charge in [0.25, 0.3) is 5.91 Å². The summed E-state index contributed by atoms with van der Waals surface area (Å²) < 4.78 is 1.97.